The zero-order chi connectivity index (χ0) is 13.7. The van der Waals surface area contributed by atoms with Crippen molar-refractivity contribution in [2.45, 2.75) is 31.6 Å². The Morgan fingerprint density at radius 2 is 1.89 bits per heavy atom. The molecule has 0 aliphatic heterocycles. The van der Waals surface area contributed by atoms with E-state index in [-0.39, 0.29) is 0 Å². The normalized spacial score (nSPS) is 10.5. The van der Waals surface area contributed by atoms with Gasteiger partial charge in [-0.3, -0.25) is 0 Å². The van der Waals surface area contributed by atoms with E-state index in [9.17, 15) is 0 Å². The number of aryl methyl sites for hydroxylation is 2. The predicted molar refractivity (Wildman–Crippen MR) is 81.7 cm³/mol. The van der Waals surface area contributed by atoms with E-state index in [2.05, 4.69) is 47.3 Å². The van der Waals surface area contributed by atoms with Crippen LogP contribution < -0.4 is 5.32 Å². The van der Waals surface area contributed by atoms with Crippen LogP contribution in [-0.2, 0) is 5.75 Å². The monoisotopic (exact) mass is 273 g/mol. The summed E-state index contributed by atoms with van der Waals surface area (Å²) < 4.78 is 0. The molecule has 4 heteroatoms. The average Bonchev–Trinajstić information content (AvgIpc) is 2.36. The molecule has 0 radical (unpaired) electrons. The zero-order valence-electron chi connectivity index (χ0n) is 11.6. The number of rotatable bonds is 5. The molecular formula is C15H19N3S. The SMILES string of the molecule is CCNc1nccc(SCc2cc(C)cc(C)c2)n1. The van der Waals surface area contributed by atoms with Crippen LogP contribution >= 0.6 is 11.8 Å². The summed E-state index contributed by atoms with van der Waals surface area (Å²) in [6.45, 7) is 7.15. The summed E-state index contributed by atoms with van der Waals surface area (Å²) in [5.74, 6) is 1.64. The quantitative estimate of drug-likeness (QED) is 0.664. The zero-order valence-corrected chi connectivity index (χ0v) is 12.4. The molecule has 3 nitrogen and oxygen atoms in total. The molecule has 1 aromatic carbocycles. The van der Waals surface area contributed by atoms with E-state index in [1.165, 1.54) is 16.7 Å². The van der Waals surface area contributed by atoms with Crippen LogP contribution in [0.15, 0.2) is 35.5 Å². The van der Waals surface area contributed by atoms with Crippen molar-refractivity contribution in [3.8, 4) is 0 Å². The molecule has 19 heavy (non-hydrogen) atoms. The summed E-state index contributed by atoms with van der Waals surface area (Å²) in [5.41, 5.74) is 3.96. The Labute approximate surface area is 118 Å². The minimum absolute atomic E-state index is 0.702. The number of anilines is 1. The maximum Gasteiger partial charge on any atom is 0.223 e. The summed E-state index contributed by atoms with van der Waals surface area (Å²) in [6, 6.07) is 8.61. The van der Waals surface area contributed by atoms with Gasteiger partial charge in [0.05, 0.1) is 0 Å². The largest absolute Gasteiger partial charge is 0.354 e. The summed E-state index contributed by atoms with van der Waals surface area (Å²) in [4.78, 5) is 8.64. The van der Waals surface area contributed by atoms with Crippen molar-refractivity contribution in [1.82, 2.24) is 9.97 Å². The number of aromatic nitrogens is 2. The molecule has 1 N–H and O–H groups in total. The van der Waals surface area contributed by atoms with Crippen molar-refractivity contribution in [3.63, 3.8) is 0 Å². The number of hydrogen-bond acceptors (Lipinski definition) is 4. The van der Waals surface area contributed by atoms with Crippen molar-refractivity contribution < 1.29 is 0 Å². The molecule has 0 spiro atoms. The lowest BCUT2D eigenvalue weighted by Gasteiger charge is -2.06. The van der Waals surface area contributed by atoms with E-state index in [0.29, 0.717) is 5.95 Å². The Morgan fingerprint density at radius 1 is 1.16 bits per heavy atom. The Bertz CT molecular complexity index is 535. The predicted octanol–water partition coefficient (Wildman–Crippen LogP) is 3.82. The highest BCUT2D eigenvalue weighted by Gasteiger charge is 2.01. The van der Waals surface area contributed by atoms with Gasteiger partial charge in [-0.1, -0.05) is 29.3 Å². The second kappa shape index (κ2) is 6.57. The van der Waals surface area contributed by atoms with Crippen molar-refractivity contribution in [1.29, 1.82) is 0 Å². The fourth-order valence-electron chi connectivity index (χ4n) is 1.98. The van der Waals surface area contributed by atoms with Crippen LogP contribution in [0, 0.1) is 13.8 Å². The Kier molecular flexibility index (Phi) is 4.80. The first kappa shape index (κ1) is 13.9. The Balaban J connectivity index is 2.03. The number of nitrogens with one attached hydrogen (secondary N) is 1. The first-order valence-corrected chi connectivity index (χ1v) is 7.43. The second-order valence-electron chi connectivity index (χ2n) is 4.53. The maximum absolute atomic E-state index is 4.46. The van der Waals surface area contributed by atoms with E-state index in [4.69, 9.17) is 0 Å². The number of hydrogen-bond donors (Lipinski definition) is 1. The first-order chi connectivity index (χ1) is 9.17. The van der Waals surface area contributed by atoms with Crippen molar-refractivity contribution in [2.24, 2.45) is 0 Å². The van der Waals surface area contributed by atoms with Gasteiger partial charge in [-0.05, 0) is 32.4 Å². The van der Waals surface area contributed by atoms with E-state index in [1.807, 2.05) is 13.0 Å². The molecule has 1 aromatic heterocycles. The molecule has 1 heterocycles. The fourth-order valence-corrected chi connectivity index (χ4v) is 2.76. The highest BCUT2D eigenvalue weighted by atomic mass is 32.2. The van der Waals surface area contributed by atoms with Crippen LogP contribution in [-0.4, -0.2) is 16.5 Å². The third-order valence-corrected chi connectivity index (χ3v) is 3.63. The molecule has 0 saturated carbocycles. The van der Waals surface area contributed by atoms with Gasteiger partial charge in [-0.25, -0.2) is 9.97 Å². The van der Waals surface area contributed by atoms with Gasteiger partial charge in [-0.2, -0.15) is 0 Å². The third-order valence-electron chi connectivity index (χ3n) is 2.63. The smallest absolute Gasteiger partial charge is 0.223 e. The van der Waals surface area contributed by atoms with Crippen molar-refractivity contribution in [2.75, 3.05) is 11.9 Å². The van der Waals surface area contributed by atoms with E-state index in [0.717, 1.165) is 17.3 Å². The standard InChI is InChI=1S/C15H19N3S/c1-4-16-15-17-6-5-14(18-15)19-10-13-8-11(2)7-12(3)9-13/h5-9H,4,10H2,1-3H3,(H,16,17,18). The topological polar surface area (TPSA) is 37.8 Å². The minimum atomic E-state index is 0.702. The molecule has 2 aromatic rings. The number of benzene rings is 1. The lowest BCUT2D eigenvalue weighted by Crippen LogP contribution is -2.01. The second-order valence-corrected chi connectivity index (χ2v) is 5.53. The highest BCUT2D eigenvalue weighted by Crippen LogP contribution is 2.22. The molecule has 0 aliphatic rings. The van der Waals surface area contributed by atoms with E-state index >= 15 is 0 Å². The van der Waals surface area contributed by atoms with Gasteiger partial charge < -0.3 is 5.32 Å². The first-order valence-electron chi connectivity index (χ1n) is 6.44. The molecular weight excluding hydrogens is 254 g/mol. The lowest BCUT2D eigenvalue weighted by atomic mass is 10.1. The number of thioether (sulfide) groups is 1. The van der Waals surface area contributed by atoms with E-state index in [1.54, 1.807) is 18.0 Å². The van der Waals surface area contributed by atoms with Crippen molar-refractivity contribution >= 4 is 17.7 Å². The highest BCUT2D eigenvalue weighted by molar-refractivity contribution is 7.98. The molecule has 2 rings (SSSR count). The summed E-state index contributed by atoms with van der Waals surface area (Å²) in [6.07, 6.45) is 1.80. The minimum Gasteiger partial charge on any atom is -0.354 e. The lowest BCUT2D eigenvalue weighted by molar-refractivity contribution is 1.01. The summed E-state index contributed by atoms with van der Waals surface area (Å²) in [5, 5.41) is 4.13. The third kappa shape index (κ3) is 4.24. The van der Waals surface area contributed by atoms with Gasteiger partial charge in [0, 0.05) is 18.5 Å². The molecule has 0 bridgehead atoms. The van der Waals surface area contributed by atoms with Gasteiger partial charge in [0.25, 0.3) is 0 Å². The van der Waals surface area contributed by atoms with Gasteiger partial charge >= 0.3 is 0 Å². The van der Waals surface area contributed by atoms with Crippen LogP contribution in [0.25, 0.3) is 0 Å². The maximum atomic E-state index is 4.46. The molecule has 0 saturated heterocycles. The van der Waals surface area contributed by atoms with E-state index < -0.39 is 0 Å². The fraction of sp³-hybridized carbons (Fsp3) is 0.333. The molecule has 100 valence electrons. The Hall–Kier alpha value is -1.55. The number of nitrogens with zero attached hydrogens (tertiary/aromatic N) is 2. The van der Waals surface area contributed by atoms with Crippen LogP contribution in [0.2, 0.25) is 0 Å². The van der Waals surface area contributed by atoms with Gasteiger partial charge in [-0.15, -0.1) is 11.8 Å². The Morgan fingerprint density at radius 3 is 2.58 bits per heavy atom. The molecule has 0 atom stereocenters. The van der Waals surface area contributed by atoms with Crippen LogP contribution in [0.4, 0.5) is 5.95 Å². The van der Waals surface area contributed by atoms with Gasteiger partial charge in [0.2, 0.25) is 5.95 Å². The van der Waals surface area contributed by atoms with Crippen molar-refractivity contribution in [3.05, 3.63) is 47.2 Å². The van der Waals surface area contributed by atoms with Crippen LogP contribution in [0.5, 0.6) is 0 Å². The molecule has 0 aliphatic carbocycles. The van der Waals surface area contributed by atoms with Crippen LogP contribution in [0.3, 0.4) is 0 Å². The van der Waals surface area contributed by atoms with Gasteiger partial charge in [0.1, 0.15) is 5.03 Å². The summed E-state index contributed by atoms with van der Waals surface area (Å²) >= 11 is 1.74. The molecule has 0 amide bonds. The van der Waals surface area contributed by atoms with Crippen LogP contribution in [0.1, 0.15) is 23.6 Å². The summed E-state index contributed by atoms with van der Waals surface area (Å²) in [7, 11) is 0. The molecule has 0 fully saturated rings. The average molecular weight is 273 g/mol. The van der Waals surface area contributed by atoms with Gasteiger partial charge in [0.15, 0.2) is 0 Å². The molecule has 0 unspecified atom stereocenters.